The fourth-order valence-corrected chi connectivity index (χ4v) is 2.63. The second-order valence-electron chi connectivity index (χ2n) is 7.97. The highest BCUT2D eigenvalue weighted by Gasteiger charge is 2.22. The molecule has 7 nitrogen and oxygen atoms in total. The second kappa shape index (κ2) is 10.2. The van der Waals surface area contributed by atoms with Gasteiger partial charge in [-0.05, 0) is 53.4 Å². The van der Waals surface area contributed by atoms with Gasteiger partial charge in [-0.1, -0.05) is 5.57 Å². The molecule has 0 aromatic rings. The number of hydrogen-bond donors (Lipinski definition) is 2. The summed E-state index contributed by atoms with van der Waals surface area (Å²) in [5.41, 5.74) is 0.457. The summed E-state index contributed by atoms with van der Waals surface area (Å²) < 4.78 is 5.11. The zero-order chi connectivity index (χ0) is 19.7. The largest absolute Gasteiger partial charge is 0.444 e. The van der Waals surface area contributed by atoms with E-state index < -0.39 is 11.7 Å². The van der Waals surface area contributed by atoms with Crippen molar-refractivity contribution < 1.29 is 19.1 Å². The van der Waals surface area contributed by atoms with Gasteiger partial charge in [-0.3, -0.25) is 9.59 Å². The molecule has 0 radical (unpaired) electrons. The quantitative estimate of drug-likeness (QED) is 0.705. The molecule has 7 heteroatoms. The maximum absolute atomic E-state index is 12.0. The van der Waals surface area contributed by atoms with Crippen molar-refractivity contribution in [1.82, 2.24) is 15.5 Å². The molecule has 3 amide bonds. The Morgan fingerprint density at radius 3 is 2.27 bits per heavy atom. The van der Waals surface area contributed by atoms with E-state index in [1.807, 2.05) is 18.7 Å². The first-order valence-electron chi connectivity index (χ1n) is 9.24. The lowest BCUT2D eigenvalue weighted by atomic mass is 9.96. The third-order valence-electron chi connectivity index (χ3n) is 3.95. The van der Waals surface area contributed by atoms with Crippen LogP contribution in [0, 0.1) is 5.92 Å². The lowest BCUT2D eigenvalue weighted by molar-refractivity contribution is -0.127. The number of likely N-dealkylation sites (tertiary alicyclic amines) is 1. The number of allylic oxidation sites excluding steroid dienone is 1. The summed E-state index contributed by atoms with van der Waals surface area (Å²) in [4.78, 5) is 37.2. The standard InChI is InChI=1S/C19H33N3O4/c1-14(2)12-17(24)22-10-7-15(8-11-22)13-21-16(23)6-9-20-18(25)26-19(3,4)5/h12,15H,6-11,13H2,1-5H3,(H,20,25)(H,21,23). The molecule has 1 rings (SSSR count). The average Bonchev–Trinajstić information content (AvgIpc) is 2.51. The Bertz CT molecular complexity index is 525. The van der Waals surface area contributed by atoms with Gasteiger partial charge in [-0.15, -0.1) is 0 Å². The van der Waals surface area contributed by atoms with E-state index in [1.165, 1.54) is 0 Å². The second-order valence-corrected chi connectivity index (χ2v) is 7.97. The molecule has 2 N–H and O–H groups in total. The van der Waals surface area contributed by atoms with Crippen LogP contribution in [-0.4, -0.2) is 54.6 Å². The van der Waals surface area contributed by atoms with Gasteiger partial charge in [0.15, 0.2) is 0 Å². The molecule has 148 valence electrons. The van der Waals surface area contributed by atoms with Gasteiger partial charge in [-0.2, -0.15) is 0 Å². The van der Waals surface area contributed by atoms with Crippen LogP contribution in [0.2, 0.25) is 0 Å². The lowest BCUT2D eigenvalue weighted by Crippen LogP contribution is -2.41. The highest BCUT2D eigenvalue weighted by molar-refractivity contribution is 5.88. The summed E-state index contributed by atoms with van der Waals surface area (Å²) in [6, 6.07) is 0. The minimum atomic E-state index is -0.547. The molecule has 0 atom stereocenters. The fourth-order valence-electron chi connectivity index (χ4n) is 2.63. The van der Waals surface area contributed by atoms with Crippen LogP contribution in [0.15, 0.2) is 11.6 Å². The van der Waals surface area contributed by atoms with E-state index >= 15 is 0 Å². The van der Waals surface area contributed by atoms with Crippen LogP contribution in [0.5, 0.6) is 0 Å². The van der Waals surface area contributed by atoms with Crippen molar-refractivity contribution in [1.29, 1.82) is 0 Å². The summed E-state index contributed by atoms with van der Waals surface area (Å²) in [6.45, 7) is 11.5. The molecule has 0 aromatic carbocycles. The van der Waals surface area contributed by atoms with Gasteiger partial charge < -0.3 is 20.3 Å². The maximum atomic E-state index is 12.0. The summed E-state index contributed by atoms with van der Waals surface area (Å²) in [7, 11) is 0. The van der Waals surface area contributed by atoms with Crippen molar-refractivity contribution in [3.8, 4) is 0 Å². The molecular formula is C19H33N3O4. The number of carbonyl (C=O) groups excluding carboxylic acids is 3. The van der Waals surface area contributed by atoms with Gasteiger partial charge in [0.25, 0.3) is 0 Å². The van der Waals surface area contributed by atoms with Crippen molar-refractivity contribution in [3.63, 3.8) is 0 Å². The molecule has 0 spiro atoms. The normalized spacial score (nSPS) is 15.2. The minimum absolute atomic E-state index is 0.0701. The van der Waals surface area contributed by atoms with Crippen LogP contribution in [0.3, 0.4) is 0 Å². The molecule has 1 aliphatic rings. The Hall–Kier alpha value is -2.05. The Kier molecular flexibility index (Phi) is 8.61. The van der Waals surface area contributed by atoms with Gasteiger partial charge in [-0.25, -0.2) is 4.79 Å². The first kappa shape index (κ1) is 22.0. The molecule has 1 fully saturated rings. The molecule has 0 unspecified atom stereocenters. The number of ether oxygens (including phenoxy) is 1. The van der Waals surface area contributed by atoms with Crippen LogP contribution in [0.25, 0.3) is 0 Å². The van der Waals surface area contributed by atoms with Crippen LogP contribution in [0.1, 0.15) is 53.9 Å². The Balaban J connectivity index is 2.18. The number of carbonyl (C=O) groups is 3. The molecule has 0 bridgehead atoms. The number of rotatable bonds is 6. The van der Waals surface area contributed by atoms with E-state index in [4.69, 9.17) is 4.74 Å². The smallest absolute Gasteiger partial charge is 0.407 e. The van der Waals surface area contributed by atoms with E-state index in [0.717, 1.165) is 31.5 Å². The van der Waals surface area contributed by atoms with Crippen molar-refractivity contribution >= 4 is 17.9 Å². The highest BCUT2D eigenvalue weighted by Crippen LogP contribution is 2.17. The van der Waals surface area contributed by atoms with Gasteiger partial charge in [0.1, 0.15) is 5.60 Å². The third-order valence-corrected chi connectivity index (χ3v) is 3.95. The summed E-state index contributed by atoms with van der Waals surface area (Å²) in [5.74, 6) is 0.360. The zero-order valence-corrected chi connectivity index (χ0v) is 16.7. The third kappa shape index (κ3) is 9.44. The number of alkyl carbamates (subject to hydrolysis) is 1. The molecule has 1 heterocycles. The fraction of sp³-hybridized carbons (Fsp3) is 0.737. The van der Waals surface area contributed by atoms with Crippen molar-refractivity contribution in [2.45, 2.75) is 59.5 Å². The predicted octanol–water partition coefficient (Wildman–Crippen LogP) is 2.22. The monoisotopic (exact) mass is 367 g/mol. The van der Waals surface area contributed by atoms with Crippen LogP contribution in [0.4, 0.5) is 4.79 Å². The van der Waals surface area contributed by atoms with Crippen molar-refractivity contribution in [3.05, 3.63) is 11.6 Å². The summed E-state index contributed by atoms with van der Waals surface area (Å²) in [6.07, 6.45) is 3.15. The number of amides is 3. The number of nitrogens with one attached hydrogen (secondary N) is 2. The average molecular weight is 367 g/mol. The molecule has 0 aromatic heterocycles. The summed E-state index contributed by atoms with van der Waals surface area (Å²) >= 11 is 0. The van der Waals surface area contributed by atoms with E-state index in [2.05, 4.69) is 10.6 Å². The highest BCUT2D eigenvalue weighted by atomic mass is 16.6. The van der Waals surface area contributed by atoms with Crippen molar-refractivity contribution in [2.75, 3.05) is 26.2 Å². The number of piperidine rings is 1. The van der Waals surface area contributed by atoms with E-state index in [1.54, 1.807) is 26.8 Å². The van der Waals surface area contributed by atoms with E-state index in [-0.39, 0.29) is 24.8 Å². The molecular weight excluding hydrogens is 334 g/mol. The van der Waals surface area contributed by atoms with Crippen LogP contribution >= 0.6 is 0 Å². The van der Waals surface area contributed by atoms with Gasteiger partial charge in [0.05, 0.1) is 0 Å². The number of nitrogens with zero attached hydrogens (tertiary/aromatic N) is 1. The van der Waals surface area contributed by atoms with E-state index in [9.17, 15) is 14.4 Å². The van der Waals surface area contributed by atoms with Gasteiger partial charge >= 0.3 is 6.09 Å². The first-order chi connectivity index (χ1) is 12.1. The molecule has 0 aliphatic carbocycles. The van der Waals surface area contributed by atoms with Gasteiger partial charge in [0.2, 0.25) is 11.8 Å². The Morgan fingerprint density at radius 2 is 1.73 bits per heavy atom. The first-order valence-corrected chi connectivity index (χ1v) is 9.24. The molecule has 26 heavy (non-hydrogen) atoms. The lowest BCUT2D eigenvalue weighted by Gasteiger charge is -2.31. The molecule has 1 aliphatic heterocycles. The summed E-state index contributed by atoms with van der Waals surface area (Å²) in [5, 5.41) is 5.47. The van der Waals surface area contributed by atoms with Crippen LogP contribution < -0.4 is 10.6 Å². The Morgan fingerprint density at radius 1 is 1.12 bits per heavy atom. The van der Waals surface area contributed by atoms with Crippen molar-refractivity contribution in [2.24, 2.45) is 5.92 Å². The number of hydrogen-bond acceptors (Lipinski definition) is 4. The Labute approximate surface area is 156 Å². The SMILES string of the molecule is CC(C)=CC(=O)N1CCC(CNC(=O)CCNC(=O)OC(C)(C)C)CC1. The van der Waals surface area contributed by atoms with E-state index in [0.29, 0.717) is 12.5 Å². The zero-order valence-electron chi connectivity index (χ0n) is 16.7. The predicted molar refractivity (Wildman–Crippen MR) is 101 cm³/mol. The topological polar surface area (TPSA) is 87.7 Å². The molecule has 0 saturated carbocycles. The minimum Gasteiger partial charge on any atom is -0.444 e. The molecule has 1 saturated heterocycles. The van der Waals surface area contributed by atoms with Crippen LogP contribution in [-0.2, 0) is 14.3 Å². The maximum Gasteiger partial charge on any atom is 0.407 e. The van der Waals surface area contributed by atoms with Gasteiger partial charge in [0, 0.05) is 38.7 Å².